The second-order valence-corrected chi connectivity index (χ2v) is 3.78. The monoisotopic (exact) mass is 193 g/mol. The number of rotatable bonds is 2. The van der Waals surface area contributed by atoms with Crippen LogP contribution in [0.15, 0.2) is 12.1 Å². The zero-order valence-electron chi connectivity index (χ0n) is 8.54. The first-order valence-electron chi connectivity index (χ1n) is 4.82. The van der Waals surface area contributed by atoms with Gasteiger partial charge in [-0.1, -0.05) is 6.07 Å². The van der Waals surface area contributed by atoms with Gasteiger partial charge in [0.1, 0.15) is 0 Å². The molecule has 1 heterocycles. The Bertz CT molecular complexity index is 347. The highest BCUT2D eigenvalue weighted by Gasteiger charge is 2.19. The number of ether oxygens (including phenoxy) is 2. The highest BCUT2D eigenvalue weighted by molar-refractivity contribution is 5.52. The molecule has 76 valence electrons. The van der Waals surface area contributed by atoms with E-state index in [0.717, 1.165) is 17.9 Å². The number of fused-ring (bicyclic) bond motifs is 1. The summed E-state index contributed by atoms with van der Waals surface area (Å²) in [6.45, 7) is 4.39. The summed E-state index contributed by atoms with van der Waals surface area (Å²) in [7, 11) is 0. The van der Waals surface area contributed by atoms with E-state index in [4.69, 9.17) is 15.2 Å². The van der Waals surface area contributed by atoms with E-state index < -0.39 is 0 Å². The molecule has 1 unspecified atom stereocenters. The smallest absolute Gasteiger partial charge is 0.231 e. The lowest BCUT2D eigenvalue weighted by molar-refractivity contribution is 0.173. The van der Waals surface area contributed by atoms with Gasteiger partial charge in [0, 0.05) is 11.6 Å². The van der Waals surface area contributed by atoms with Crippen molar-refractivity contribution in [2.45, 2.75) is 26.3 Å². The van der Waals surface area contributed by atoms with Gasteiger partial charge in [-0.2, -0.15) is 0 Å². The Labute approximate surface area is 83.8 Å². The molecule has 0 aliphatic carbocycles. The molecule has 0 radical (unpaired) electrons. The van der Waals surface area contributed by atoms with Crippen LogP contribution in [0.5, 0.6) is 11.5 Å². The van der Waals surface area contributed by atoms with Crippen molar-refractivity contribution in [1.29, 1.82) is 0 Å². The summed E-state index contributed by atoms with van der Waals surface area (Å²) >= 11 is 0. The van der Waals surface area contributed by atoms with Gasteiger partial charge in [-0.05, 0) is 31.9 Å². The minimum atomic E-state index is 0.143. The normalized spacial score (nSPS) is 15.6. The molecule has 1 aliphatic rings. The molecule has 2 rings (SSSR count). The molecule has 1 atom stereocenters. The Hall–Kier alpha value is -1.22. The van der Waals surface area contributed by atoms with Crippen molar-refractivity contribution < 1.29 is 9.47 Å². The summed E-state index contributed by atoms with van der Waals surface area (Å²) < 4.78 is 10.7. The largest absolute Gasteiger partial charge is 0.454 e. The summed E-state index contributed by atoms with van der Waals surface area (Å²) in [5.74, 6) is 1.72. The summed E-state index contributed by atoms with van der Waals surface area (Å²) in [4.78, 5) is 0. The number of benzene rings is 1. The molecule has 3 nitrogen and oxygen atoms in total. The fraction of sp³-hybridized carbons (Fsp3) is 0.455. The molecule has 1 aromatic rings. The zero-order valence-corrected chi connectivity index (χ0v) is 8.54. The predicted octanol–water partition coefficient (Wildman–Crippen LogP) is 1.61. The Kier molecular flexibility index (Phi) is 2.33. The molecule has 3 heteroatoms. The van der Waals surface area contributed by atoms with Gasteiger partial charge in [0.05, 0.1) is 0 Å². The third-order valence-electron chi connectivity index (χ3n) is 2.40. The van der Waals surface area contributed by atoms with E-state index in [9.17, 15) is 0 Å². The molecule has 2 N–H and O–H groups in total. The number of hydrogen-bond acceptors (Lipinski definition) is 3. The first-order chi connectivity index (χ1) is 6.68. The summed E-state index contributed by atoms with van der Waals surface area (Å²) in [5, 5.41) is 0. The fourth-order valence-corrected chi connectivity index (χ4v) is 1.70. The van der Waals surface area contributed by atoms with Crippen molar-refractivity contribution in [2.75, 3.05) is 6.79 Å². The van der Waals surface area contributed by atoms with Gasteiger partial charge in [0.15, 0.2) is 11.5 Å². The lowest BCUT2D eigenvalue weighted by Crippen LogP contribution is -2.18. The quantitative estimate of drug-likeness (QED) is 0.776. The second-order valence-electron chi connectivity index (χ2n) is 3.78. The predicted molar refractivity (Wildman–Crippen MR) is 54.7 cm³/mol. The SMILES string of the molecule is Cc1ccc2c(c1CC(C)N)OCO2. The Balaban J connectivity index is 2.41. The highest BCUT2D eigenvalue weighted by atomic mass is 16.7. The molecule has 0 saturated heterocycles. The van der Waals surface area contributed by atoms with Crippen LogP contribution in [-0.2, 0) is 6.42 Å². The zero-order chi connectivity index (χ0) is 10.1. The molecule has 0 fully saturated rings. The van der Waals surface area contributed by atoms with Crippen LogP contribution in [0.25, 0.3) is 0 Å². The van der Waals surface area contributed by atoms with Crippen LogP contribution in [0.1, 0.15) is 18.1 Å². The van der Waals surface area contributed by atoms with Crippen LogP contribution in [0.2, 0.25) is 0 Å². The molecular weight excluding hydrogens is 178 g/mol. The maximum atomic E-state index is 5.79. The van der Waals surface area contributed by atoms with E-state index in [0.29, 0.717) is 6.79 Å². The maximum absolute atomic E-state index is 5.79. The third kappa shape index (κ3) is 1.55. The lowest BCUT2D eigenvalue weighted by Gasteiger charge is -2.11. The van der Waals surface area contributed by atoms with Gasteiger partial charge in [-0.3, -0.25) is 0 Å². The van der Waals surface area contributed by atoms with Gasteiger partial charge < -0.3 is 15.2 Å². The second kappa shape index (κ2) is 3.50. The van der Waals surface area contributed by atoms with Crippen molar-refractivity contribution >= 4 is 0 Å². The first kappa shape index (κ1) is 9.34. The lowest BCUT2D eigenvalue weighted by atomic mass is 10.0. The Morgan fingerprint density at radius 1 is 1.43 bits per heavy atom. The van der Waals surface area contributed by atoms with E-state index in [1.54, 1.807) is 0 Å². The molecule has 1 aromatic carbocycles. The molecule has 0 aromatic heterocycles. The van der Waals surface area contributed by atoms with Gasteiger partial charge >= 0.3 is 0 Å². The van der Waals surface area contributed by atoms with E-state index in [2.05, 4.69) is 6.92 Å². The minimum Gasteiger partial charge on any atom is -0.454 e. The van der Waals surface area contributed by atoms with Gasteiger partial charge in [0.25, 0.3) is 0 Å². The molecule has 0 saturated carbocycles. The fourth-order valence-electron chi connectivity index (χ4n) is 1.70. The molecular formula is C11H15NO2. The van der Waals surface area contributed by atoms with Crippen molar-refractivity contribution in [1.82, 2.24) is 0 Å². The maximum Gasteiger partial charge on any atom is 0.231 e. The number of hydrogen-bond donors (Lipinski definition) is 1. The minimum absolute atomic E-state index is 0.143. The van der Waals surface area contributed by atoms with Crippen LogP contribution < -0.4 is 15.2 Å². The number of nitrogens with two attached hydrogens (primary N) is 1. The topological polar surface area (TPSA) is 44.5 Å². The average molecular weight is 193 g/mol. The summed E-state index contributed by atoms with van der Waals surface area (Å²) in [5.41, 5.74) is 8.18. The molecule has 0 spiro atoms. The number of aryl methyl sites for hydroxylation is 1. The van der Waals surface area contributed by atoms with E-state index in [1.165, 1.54) is 11.1 Å². The molecule has 0 amide bonds. The van der Waals surface area contributed by atoms with Crippen molar-refractivity contribution in [2.24, 2.45) is 5.73 Å². The molecule has 0 bridgehead atoms. The van der Waals surface area contributed by atoms with E-state index in [1.807, 2.05) is 19.1 Å². The highest BCUT2D eigenvalue weighted by Crippen LogP contribution is 2.37. The van der Waals surface area contributed by atoms with Crippen LogP contribution in [0.4, 0.5) is 0 Å². The van der Waals surface area contributed by atoms with Crippen LogP contribution in [0, 0.1) is 6.92 Å². The molecule has 1 aliphatic heterocycles. The van der Waals surface area contributed by atoms with Crippen molar-refractivity contribution in [3.8, 4) is 11.5 Å². The Morgan fingerprint density at radius 2 is 2.21 bits per heavy atom. The summed E-state index contributed by atoms with van der Waals surface area (Å²) in [6.07, 6.45) is 0.832. The average Bonchev–Trinajstić information content (AvgIpc) is 2.57. The van der Waals surface area contributed by atoms with E-state index >= 15 is 0 Å². The van der Waals surface area contributed by atoms with Gasteiger partial charge in [-0.15, -0.1) is 0 Å². The first-order valence-corrected chi connectivity index (χ1v) is 4.82. The van der Waals surface area contributed by atoms with Crippen LogP contribution in [0.3, 0.4) is 0 Å². The van der Waals surface area contributed by atoms with Crippen molar-refractivity contribution in [3.63, 3.8) is 0 Å². The molecule has 14 heavy (non-hydrogen) atoms. The Morgan fingerprint density at radius 3 is 2.93 bits per heavy atom. The third-order valence-corrected chi connectivity index (χ3v) is 2.40. The van der Waals surface area contributed by atoms with Crippen LogP contribution in [-0.4, -0.2) is 12.8 Å². The van der Waals surface area contributed by atoms with E-state index in [-0.39, 0.29) is 6.04 Å². The standard InChI is InChI=1S/C11H15NO2/c1-7-3-4-10-11(14-6-13-10)9(7)5-8(2)12/h3-4,8H,5-6,12H2,1-2H3. The summed E-state index contributed by atoms with van der Waals surface area (Å²) in [6, 6.07) is 4.14. The van der Waals surface area contributed by atoms with Gasteiger partial charge in [0.2, 0.25) is 6.79 Å². The van der Waals surface area contributed by atoms with Gasteiger partial charge in [-0.25, -0.2) is 0 Å². The van der Waals surface area contributed by atoms with Crippen LogP contribution >= 0.6 is 0 Å². The van der Waals surface area contributed by atoms with Crippen molar-refractivity contribution in [3.05, 3.63) is 23.3 Å².